The summed E-state index contributed by atoms with van der Waals surface area (Å²) in [5, 5.41) is 0. The van der Waals surface area contributed by atoms with Crippen molar-refractivity contribution < 1.29 is 8.70 Å². The summed E-state index contributed by atoms with van der Waals surface area (Å²) in [5.41, 5.74) is 11.9. The van der Waals surface area contributed by atoms with Crippen molar-refractivity contribution in [1.82, 2.24) is 19.5 Å². The van der Waals surface area contributed by atoms with Gasteiger partial charge in [0.25, 0.3) is 5.56 Å². The van der Waals surface area contributed by atoms with Gasteiger partial charge in [0.05, 0.1) is 40.1 Å². The largest absolute Gasteiger partial charge is 0.369 e. The summed E-state index contributed by atoms with van der Waals surface area (Å²) in [6, 6.07) is -0.508. The molecule has 2 heterocycles. The third-order valence-electron chi connectivity index (χ3n) is 5.20. The number of halogens is 1. The molecule has 0 amide bonds. The van der Waals surface area contributed by atoms with Gasteiger partial charge in [0.1, 0.15) is 6.17 Å². The van der Waals surface area contributed by atoms with Crippen LogP contribution in [0.15, 0.2) is 16.1 Å². The molecule has 1 fully saturated rings. The van der Waals surface area contributed by atoms with Gasteiger partial charge in [0.15, 0.2) is 24.3 Å². The molecule has 31 heavy (non-hydrogen) atoms. The number of nitrogens with zero attached hydrogens (tertiary/aromatic N) is 4. The molecule has 2 aromatic rings. The first-order chi connectivity index (χ1) is 14.4. The first kappa shape index (κ1) is 24.0. The molecule has 0 aliphatic heterocycles. The Hall–Kier alpha value is -1.63. The zero-order valence-electron chi connectivity index (χ0n) is 17.4. The predicted molar refractivity (Wildman–Crippen MR) is 133 cm³/mol. The maximum Gasteiger partial charge on any atom is 0.280 e. The Morgan fingerprint density at radius 1 is 1.48 bits per heavy atom. The summed E-state index contributed by atoms with van der Waals surface area (Å²) >= 11 is 0. The van der Waals surface area contributed by atoms with Crippen LogP contribution in [0.5, 0.6) is 0 Å². The zero-order valence-corrected chi connectivity index (χ0v) is 20.0. The summed E-state index contributed by atoms with van der Waals surface area (Å²) in [7, 11) is -6.08. The number of H-pyrrole nitrogens is 1. The highest BCUT2D eigenvalue weighted by atomic mass is 31.3. The number of hydrogen-bond donors (Lipinski definition) is 3. The van der Waals surface area contributed by atoms with Crippen LogP contribution >= 0.6 is 22.1 Å². The molecule has 3 unspecified atom stereocenters. The van der Waals surface area contributed by atoms with E-state index in [0.717, 1.165) is 0 Å². The van der Waals surface area contributed by atoms with Gasteiger partial charge in [0, 0.05) is 6.16 Å². The molecule has 5 N–H and O–H groups in total. The zero-order chi connectivity index (χ0) is 23.0. The molecule has 170 valence electrons. The minimum atomic E-state index is -2.78. The molecule has 0 aromatic carbocycles. The number of nitrogen functional groups attached to an aromatic ring is 1. The summed E-state index contributed by atoms with van der Waals surface area (Å²) in [6.45, 7) is 1.92. The van der Waals surface area contributed by atoms with Gasteiger partial charge in [-0.15, -0.1) is 4.91 Å². The Morgan fingerprint density at radius 3 is 2.84 bits per heavy atom. The van der Waals surface area contributed by atoms with Gasteiger partial charge in [-0.05, 0) is 36.4 Å². The first-order valence-electron chi connectivity index (χ1n) is 9.61. The lowest BCUT2D eigenvalue weighted by Gasteiger charge is -2.25. The van der Waals surface area contributed by atoms with Gasteiger partial charge >= 0.3 is 0 Å². The minimum Gasteiger partial charge on any atom is -0.369 e. The van der Waals surface area contributed by atoms with Gasteiger partial charge in [-0.25, -0.2) is 9.37 Å². The van der Waals surface area contributed by atoms with Crippen molar-refractivity contribution in [3.05, 3.63) is 21.6 Å². The van der Waals surface area contributed by atoms with E-state index in [1.54, 1.807) is 4.57 Å². The standard InChI is InChI=1S/C17H27FN7O3P3/c1-29(2)10-31(4,24-27)28-30(3,20)6-5-11-7-12(18)13(8-11)25-9-21-14-15(25)22-17(19)23-16(14)26/h9,11-13H,1,3-8,10,20H2,2H3,(H2-,19,22,23,26)/p+1/t11-,12-,13-,30?,31?/m1/s1. The molecular formula is C17H28FN7O3P3+. The Balaban J connectivity index is 1.69. The quantitative estimate of drug-likeness (QED) is 0.360. The maximum absolute atomic E-state index is 14.9. The number of nitrogens with one attached hydrogen (secondary N) is 1. The second-order valence-electron chi connectivity index (χ2n) is 8.17. The number of aromatic amines is 1. The van der Waals surface area contributed by atoms with Gasteiger partial charge < -0.3 is 14.6 Å². The maximum atomic E-state index is 14.9. The Bertz CT molecular complexity index is 1160. The van der Waals surface area contributed by atoms with E-state index in [-0.39, 0.29) is 23.0 Å². The number of nitrogens with two attached hydrogens (primary N) is 2. The molecule has 0 bridgehead atoms. The van der Waals surface area contributed by atoms with E-state index in [1.807, 2.05) is 6.66 Å². The first-order valence-corrected chi connectivity index (χ1v) is 15.9. The number of imidazole rings is 1. The molecule has 1 saturated carbocycles. The smallest absolute Gasteiger partial charge is 0.280 e. The van der Waals surface area contributed by atoms with Crippen LogP contribution in [-0.2, 0) is 4.31 Å². The molecule has 0 saturated heterocycles. The number of rotatable bonds is 9. The predicted octanol–water partition coefficient (Wildman–Crippen LogP) is 3.18. The third-order valence-corrected chi connectivity index (χ3v) is 12.7. The lowest BCUT2D eigenvalue weighted by Crippen LogP contribution is -2.17. The van der Waals surface area contributed by atoms with E-state index in [0.29, 0.717) is 31.3 Å². The molecule has 6 atom stereocenters. The summed E-state index contributed by atoms with van der Waals surface area (Å²) < 4.78 is 22.3. The van der Waals surface area contributed by atoms with E-state index in [1.165, 1.54) is 6.33 Å². The molecule has 0 spiro atoms. The second-order valence-corrected chi connectivity index (χ2v) is 15.9. The summed E-state index contributed by atoms with van der Waals surface area (Å²) in [6.07, 6.45) is 14.0. The van der Waals surface area contributed by atoms with Gasteiger partial charge in [0.2, 0.25) is 5.95 Å². The van der Waals surface area contributed by atoms with Crippen LogP contribution in [0.3, 0.4) is 0 Å². The Morgan fingerprint density at radius 2 is 2.19 bits per heavy atom. The number of aromatic nitrogens is 4. The van der Waals surface area contributed by atoms with Crippen LogP contribution in [-0.4, -0.2) is 63.3 Å². The van der Waals surface area contributed by atoms with Crippen LogP contribution in [0.25, 0.3) is 11.2 Å². The van der Waals surface area contributed by atoms with Crippen LogP contribution in [0, 0.1) is 10.8 Å². The lowest BCUT2D eigenvalue weighted by molar-refractivity contribution is 0.264. The van der Waals surface area contributed by atoms with Crippen LogP contribution < -0.4 is 16.8 Å². The highest BCUT2D eigenvalue weighted by Gasteiger charge is 2.37. The van der Waals surface area contributed by atoms with E-state index in [9.17, 15) is 14.1 Å². The minimum absolute atomic E-state index is 0.0305. The van der Waals surface area contributed by atoms with Crippen molar-refractivity contribution in [3.63, 3.8) is 0 Å². The molecule has 10 nitrogen and oxygen atoms in total. The van der Waals surface area contributed by atoms with Crippen molar-refractivity contribution in [2.75, 3.05) is 24.5 Å². The SMILES string of the molecule is C=[P+](C)CP(=C)(N=O)OP(=C)(N)CC[C@@H]1C[C@@H](F)[C@H](n2cnc3c(=O)[nH]c(N)nc32)C1. The van der Waals surface area contributed by atoms with Crippen molar-refractivity contribution in [2.24, 2.45) is 16.4 Å². The topological polar surface area (TPSA) is 154 Å². The fourth-order valence-corrected chi connectivity index (χ4v) is 11.5. The fraction of sp³-hybridized carbons (Fsp3) is 0.529. The van der Waals surface area contributed by atoms with Gasteiger partial charge in [-0.2, -0.15) is 4.98 Å². The number of fused-ring (bicyclic) bond motifs is 1. The van der Waals surface area contributed by atoms with Crippen molar-refractivity contribution in [1.29, 1.82) is 0 Å². The molecule has 2 aromatic heterocycles. The van der Waals surface area contributed by atoms with E-state index >= 15 is 0 Å². The molecule has 1 aliphatic rings. The van der Waals surface area contributed by atoms with Gasteiger partial charge in [-0.3, -0.25) is 15.3 Å². The normalized spacial score (nSPS) is 25.8. The van der Waals surface area contributed by atoms with Crippen LogP contribution in [0.1, 0.15) is 25.3 Å². The highest BCUT2D eigenvalue weighted by molar-refractivity contribution is 7.85. The van der Waals surface area contributed by atoms with Crippen molar-refractivity contribution in [3.8, 4) is 0 Å². The van der Waals surface area contributed by atoms with Crippen LogP contribution in [0.2, 0.25) is 0 Å². The average Bonchev–Trinajstić information content (AvgIpc) is 3.22. The lowest BCUT2D eigenvalue weighted by atomic mass is 10.1. The Labute approximate surface area is 180 Å². The van der Waals surface area contributed by atoms with Crippen molar-refractivity contribution in [2.45, 2.75) is 31.5 Å². The molecule has 1 aliphatic carbocycles. The summed E-state index contributed by atoms with van der Waals surface area (Å²) in [4.78, 5) is 37.0. The number of anilines is 1. The molecule has 0 radical (unpaired) electrons. The number of alkyl halides is 1. The van der Waals surface area contributed by atoms with Crippen LogP contribution in [0.4, 0.5) is 10.3 Å². The monoisotopic (exact) mass is 490 g/mol. The molecular weight excluding hydrogens is 462 g/mol. The Kier molecular flexibility index (Phi) is 7.04. The van der Waals surface area contributed by atoms with E-state index in [2.05, 4.69) is 38.8 Å². The van der Waals surface area contributed by atoms with Crippen molar-refractivity contribution >= 4 is 58.1 Å². The average molecular weight is 490 g/mol. The third kappa shape index (κ3) is 5.60. The molecule has 3 rings (SSSR count). The van der Waals surface area contributed by atoms with E-state index < -0.39 is 39.8 Å². The van der Waals surface area contributed by atoms with Gasteiger partial charge in [-0.1, -0.05) is 6.30 Å². The van der Waals surface area contributed by atoms with E-state index in [4.69, 9.17) is 15.5 Å². The fourth-order valence-electron chi connectivity index (χ4n) is 3.96. The number of hydrogen-bond acceptors (Lipinski definition) is 8. The highest BCUT2D eigenvalue weighted by Crippen LogP contribution is 2.63. The molecule has 14 heteroatoms. The second kappa shape index (κ2) is 9.08. The number of nitroso groups, excluding NO2 is 1. The summed E-state index contributed by atoms with van der Waals surface area (Å²) in [5.74, 6) is 0.391.